The lowest BCUT2D eigenvalue weighted by Crippen LogP contribution is -2.42. The van der Waals surface area contributed by atoms with Crippen LogP contribution in [0.5, 0.6) is 5.75 Å². The number of nitrogens with zero attached hydrogens (tertiary/aromatic N) is 1. The Morgan fingerprint density at radius 2 is 2.15 bits per heavy atom. The van der Waals surface area contributed by atoms with Crippen molar-refractivity contribution in [1.29, 1.82) is 0 Å². The number of amides is 1. The number of aryl methyl sites for hydroxylation is 1. The lowest BCUT2D eigenvalue weighted by atomic mass is 9.97. The van der Waals surface area contributed by atoms with E-state index in [0.717, 1.165) is 12.8 Å². The molecular weight excluding hydrogens is 258 g/mol. The van der Waals surface area contributed by atoms with Gasteiger partial charge in [0.2, 0.25) is 0 Å². The van der Waals surface area contributed by atoms with Crippen LogP contribution in [0.3, 0.4) is 0 Å². The number of carbonyl (C=O) groups excluding carboxylic acids is 2. The molecule has 1 aliphatic rings. The van der Waals surface area contributed by atoms with E-state index >= 15 is 0 Å². The van der Waals surface area contributed by atoms with Gasteiger partial charge in [-0.05, 0) is 43.5 Å². The number of carbonyl (C=O) groups is 2. The molecule has 1 fully saturated rings. The Morgan fingerprint density at radius 1 is 1.40 bits per heavy atom. The van der Waals surface area contributed by atoms with Gasteiger partial charge in [0.05, 0.1) is 13.0 Å². The zero-order valence-electron chi connectivity index (χ0n) is 11.8. The van der Waals surface area contributed by atoms with Crippen LogP contribution >= 0.6 is 0 Å². The summed E-state index contributed by atoms with van der Waals surface area (Å²) in [4.78, 5) is 25.7. The topological polar surface area (TPSA) is 66.8 Å². The van der Waals surface area contributed by atoms with E-state index in [1.54, 1.807) is 24.0 Å². The minimum Gasteiger partial charge on any atom is -0.508 e. The van der Waals surface area contributed by atoms with E-state index < -0.39 is 0 Å². The Labute approximate surface area is 118 Å². The van der Waals surface area contributed by atoms with Gasteiger partial charge in [0.25, 0.3) is 5.91 Å². The summed E-state index contributed by atoms with van der Waals surface area (Å²) < 4.78 is 4.75. The van der Waals surface area contributed by atoms with Gasteiger partial charge in [0.15, 0.2) is 0 Å². The molecule has 108 valence electrons. The highest BCUT2D eigenvalue weighted by Gasteiger charge is 2.29. The molecule has 0 aliphatic carbocycles. The zero-order chi connectivity index (χ0) is 14.7. The molecule has 1 N–H and O–H groups in total. The summed E-state index contributed by atoms with van der Waals surface area (Å²) in [6.45, 7) is 2.79. The second-order valence-corrected chi connectivity index (χ2v) is 5.11. The van der Waals surface area contributed by atoms with Crippen LogP contribution in [0.2, 0.25) is 0 Å². The van der Waals surface area contributed by atoms with Crippen LogP contribution in [-0.2, 0) is 9.53 Å². The van der Waals surface area contributed by atoms with Crippen molar-refractivity contribution in [2.75, 3.05) is 20.2 Å². The Balaban J connectivity index is 2.12. The van der Waals surface area contributed by atoms with Gasteiger partial charge in [-0.2, -0.15) is 0 Å². The number of piperidine rings is 1. The van der Waals surface area contributed by atoms with Crippen molar-refractivity contribution in [2.24, 2.45) is 5.92 Å². The first-order valence-electron chi connectivity index (χ1n) is 6.69. The average Bonchev–Trinajstić information content (AvgIpc) is 2.48. The minimum atomic E-state index is -0.260. The van der Waals surface area contributed by atoms with Gasteiger partial charge in [0, 0.05) is 18.7 Å². The van der Waals surface area contributed by atoms with Crippen molar-refractivity contribution in [3.8, 4) is 5.75 Å². The number of phenolic OH excluding ortho intramolecular Hbond substituents is 1. The van der Waals surface area contributed by atoms with Crippen LogP contribution < -0.4 is 0 Å². The van der Waals surface area contributed by atoms with Crippen molar-refractivity contribution in [3.63, 3.8) is 0 Å². The van der Waals surface area contributed by atoms with Gasteiger partial charge in [-0.3, -0.25) is 9.59 Å². The maximum absolute atomic E-state index is 12.4. The third-order valence-corrected chi connectivity index (χ3v) is 3.69. The van der Waals surface area contributed by atoms with E-state index in [9.17, 15) is 14.7 Å². The van der Waals surface area contributed by atoms with E-state index in [0.29, 0.717) is 24.2 Å². The normalized spacial score (nSPS) is 18.7. The summed E-state index contributed by atoms with van der Waals surface area (Å²) in [5.74, 6) is -0.436. The lowest BCUT2D eigenvalue weighted by Gasteiger charge is -2.31. The van der Waals surface area contributed by atoms with Gasteiger partial charge in [-0.15, -0.1) is 0 Å². The molecule has 1 aromatic carbocycles. The molecule has 2 rings (SSSR count). The van der Waals surface area contributed by atoms with Crippen molar-refractivity contribution in [3.05, 3.63) is 29.3 Å². The molecule has 0 radical (unpaired) electrons. The number of aromatic hydroxyl groups is 1. The number of methoxy groups -OCH3 is 1. The zero-order valence-corrected chi connectivity index (χ0v) is 11.8. The SMILES string of the molecule is COC(=O)C1CCCN(C(=O)c2ccc(O)c(C)c2)C1. The summed E-state index contributed by atoms with van der Waals surface area (Å²) in [5.41, 5.74) is 1.20. The van der Waals surface area contributed by atoms with Gasteiger partial charge in [-0.25, -0.2) is 0 Å². The van der Waals surface area contributed by atoms with Crippen LogP contribution in [0.4, 0.5) is 0 Å². The van der Waals surface area contributed by atoms with Gasteiger partial charge in [0.1, 0.15) is 5.75 Å². The molecule has 1 unspecified atom stereocenters. The predicted octanol–water partition coefficient (Wildman–Crippen LogP) is 1.73. The summed E-state index contributed by atoms with van der Waals surface area (Å²) in [7, 11) is 1.37. The van der Waals surface area contributed by atoms with Gasteiger partial charge >= 0.3 is 5.97 Å². The predicted molar refractivity (Wildman–Crippen MR) is 73.5 cm³/mol. The maximum atomic E-state index is 12.4. The number of rotatable bonds is 2. The van der Waals surface area contributed by atoms with Gasteiger partial charge < -0.3 is 14.7 Å². The molecule has 1 saturated heterocycles. The highest BCUT2D eigenvalue weighted by molar-refractivity contribution is 5.95. The third kappa shape index (κ3) is 2.92. The summed E-state index contributed by atoms with van der Waals surface area (Å²) in [6.07, 6.45) is 1.55. The molecule has 1 heterocycles. The number of esters is 1. The molecular formula is C15H19NO4. The Bertz CT molecular complexity index is 527. The van der Waals surface area contributed by atoms with Crippen molar-refractivity contribution < 1.29 is 19.4 Å². The fourth-order valence-corrected chi connectivity index (χ4v) is 2.49. The second kappa shape index (κ2) is 5.94. The van der Waals surface area contributed by atoms with Crippen molar-refractivity contribution in [1.82, 2.24) is 4.90 Å². The molecule has 0 spiro atoms. The highest BCUT2D eigenvalue weighted by atomic mass is 16.5. The molecule has 0 bridgehead atoms. The number of hydrogen-bond donors (Lipinski definition) is 1. The summed E-state index contributed by atoms with van der Waals surface area (Å²) in [5, 5.41) is 9.50. The molecule has 1 atom stereocenters. The molecule has 1 amide bonds. The van der Waals surface area contributed by atoms with Crippen LogP contribution in [0, 0.1) is 12.8 Å². The minimum absolute atomic E-state index is 0.110. The first-order valence-corrected chi connectivity index (χ1v) is 6.69. The maximum Gasteiger partial charge on any atom is 0.310 e. The smallest absolute Gasteiger partial charge is 0.310 e. The van der Waals surface area contributed by atoms with Crippen molar-refractivity contribution in [2.45, 2.75) is 19.8 Å². The van der Waals surface area contributed by atoms with E-state index in [2.05, 4.69) is 0 Å². The van der Waals surface area contributed by atoms with E-state index in [1.165, 1.54) is 13.2 Å². The molecule has 0 aromatic heterocycles. The molecule has 1 aromatic rings. The lowest BCUT2D eigenvalue weighted by molar-refractivity contribution is -0.146. The molecule has 5 heteroatoms. The number of ether oxygens (including phenoxy) is 1. The number of hydrogen-bond acceptors (Lipinski definition) is 4. The van der Waals surface area contributed by atoms with Crippen LogP contribution in [0.15, 0.2) is 18.2 Å². The monoisotopic (exact) mass is 277 g/mol. The van der Waals surface area contributed by atoms with Crippen LogP contribution in [0.25, 0.3) is 0 Å². The highest BCUT2D eigenvalue weighted by Crippen LogP contribution is 2.22. The van der Waals surface area contributed by atoms with E-state index in [4.69, 9.17) is 4.74 Å². The quantitative estimate of drug-likeness (QED) is 0.836. The summed E-state index contributed by atoms with van der Waals surface area (Å²) >= 11 is 0. The van der Waals surface area contributed by atoms with E-state index in [1.807, 2.05) is 0 Å². The first kappa shape index (κ1) is 14.4. The molecule has 1 aliphatic heterocycles. The largest absolute Gasteiger partial charge is 0.508 e. The van der Waals surface area contributed by atoms with Crippen molar-refractivity contribution >= 4 is 11.9 Å². The van der Waals surface area contributed by atoms with Gasteiger partial charge in [-0.1, -0.05) is 0 Å². The standard InChI is InChI=1S/C15H19NO4/c1-10-8-11(5-6-13(10)17)14(18)16-7-3-4-12(9-16)15(19)20-2/h5-6,8,12,17H,3-4,7,9H2,1-2H3. The third-order valence-electron chi connectivity index (χ3n) is 3.69. The molecule has 0 saturated carbocycles. The number of likely N-dealkylation sites (tertiary alicyclic amines) is 1. The summed E-state index contributed by atoms with van der Waals surface area (Å²) in [6, 6.07) is 4.79. The second-order valence-electron chi connectivity index (χ2n) is 5.11. The van der Waals surface area contributed by atoms with E-state index in [-0.39, 0.29) is 23.5 Å². The average molecular weight is 277 g/mol. The Hall–Kier alpha value is -2.04. The Morgan fingerprint density at radius 3 is 2.80 bits per heavy atom. The van der Waals surface area contributed by atoms with Crippen LogP contribution in [-0.4, -0.2) is 42.1 Å². The number of phenols is 1. The fourth-order valence-electron chi connectivity index (χ4n) is 2.49. The molecule has 20 heavy (non-hydrogen) atoms. The Kier molecular flexibility index (Phi) is 4.27. The fraction of sp³-hybridized carbons (Fsp3) is 0.467. The first-order chi connectivity index (χ1) is 9.52. The van der Waals surface area contributed by atoms with Crippen LogP contribution in [0.1, 0.15) is 28.8 Å². The number of benzene rings is 1. The molecule has 5 nitrogen and oxygen atoms in total.